The van der Waals surface area contributed by atoms with Crippen LogP contribution < -0.4 is 0 Å². The van der Waals surface area contributed by atoms with Crippen molar-refractivity contribution in [3.05, 3.63) is 0 Å². The first kappa shape index (κ1) is 26.9. The zero-order valence-electron chi connectivity index (χ0n) is 19.0. The third-order valence-corrected chi connectivity index (χ3v) is 4.51. The average molecular weight is 402 g/mol. The quantitative estimate of drug-likeness (QED) is 0.351. The number of unbranched alkanes of at least 4 members (excludes halogenated alkanes) is 2. The van der Waals surface area contributed by atoms with Crippen LogP contribution in [0.3, 0.4) is 0 Å². The molecule has 0 saturated carbocycles. The lowest BCUT2D eigenvalue weighted by molar-refractivity contribution is -0.146. The highest BCUT2D eigenvalue weighted by atomic mass is 16.5. The van der Waals surface area contributed by atoms with Gasteiger partial charge in [0.2, 0.25) is 0 Å². The molecule has 0 atom stereocenters. The van der Waals surface area contributed by atoms with Crippen LogP contribution in [0.25, 0.3) is 0 Å². The van der Waals surface area contributed by atoms with Crippen LogP contribution in [0.4, 0.5) is 0 Å². The molecule has 0 bridgehead atoms. The molecule has 0 heterocycles. The van der Waals surface area contributed by atoms with Crippen LogP contribution in [-0.2, 0) is 19.1 Å². The van der Waals surface area contributed by atoms with Crippen LogP contribution in [0.5, 0.6) is 0 Å². The fraction of sp³-hybridized carbons (Fsp3) is 0.909. The van der Waals surface area contributed by atoms with Crippen molar-refractivity contribution >= 4 is 11.9 Å². The molecule has 0 amide bonds. The van der Waals surface area contributed by atoms with Gasteiger partial charge in [-0.15, -0.1) is 0 Å². The summed E-state index contributed by atoms with van der Waals surface area (Å²) in [6, 6.07) is 0. The molecule has 166 valence electrons. The topological polar surface area (TPSA) is 76.1 Å². The smallest absolute Gasteiger partial charge is 0.307 e. The van der Waals surface area contributed by atoms with Crippen molar-refractivity contribution < 1.29 is 24.2 Å². The van der Waals surface area contributed by atoms with Gasteiger partial charge >= 0.3 is 11.9 Å². The minimum absolute atomic E-state index is 0.0212. The molecule has 0 aromatic rings. The predicted molar refractivity (Wildman–Crippen MR) is 112 cm³/mol. The maximum atomic E-state index is 12.0. The molecule has 6 nitrogen and oxygen atoms in total. The van der Waals surface area contributed by atoms with Gasteiger partial charge in [-0.1, -0.05) is 20.8 Å². The number of hydrogen-bond acceptors (Lipinski definition) is 6. The van der Waals surface area contributed by atoms with Crippen LogP contribution in [-0.4, -0.2) is 60.4 Å². The van der Waals surface area contributed by atoms with Crippen LogP contribution in [0.1, 0.15) is 86.5 Å². The Morgan fingerprint density at radius 1 is 0.786 bits per heavy atom. The highest BCUT2D eigenvalue weighted by molar-refractivity contribution is 5.69. The molecule has 0 spiro atoms. The second-order valence-electron chi connectivity index (χ2n) is 9.55. The second-order valence-corrected chi connectivity index (χ2v) is 9.55. The van der Waals surface area contributed by atoms with Crippen molar-refractivity contribution in [3.8, 4) is 0 Å². The fourth-order valence-corrected chi connectivity index (χ4v) is 2.62. The molecule has 0 radical (unpaired) electrons. The van der Waals surface area contributed by atoms with Crippen molar-refractivity contribution in [2.45, 2.75) is 92.0 Å². The number of hydrogen-bond donors (Lipinski definition) is 1. The Morgan fingerprint density at radius 2 is 1.32 bits per heavy atom. The first-order valence-corrected chi connectivity index (χ1v) is 10.6. The Kier molecular flexibility index (Phi) is 13.4. The Hall–Kier alpha value is -1.14. The number of rotatable bonds is 14. The summed E-state index contributed by atoms with van der Waals surface area (Å²) in [4.78, 5) is 25.8. The van der Waals surface area contributed by atoms with Gasteiger partial charge < -0.3 is 14.6 Å². The molecular formula is C22H43NO5. The molecular weight excluding hydrogens is 358 g/mol. The van der Waals surface area contributed by atoms with Gasteiger partial charge in [0.25, 0.3) is 0 Å². The lowest BCUT2D eigenvalue weighted by Gasteiger charge is -2.35. The highest BCUT2D eigenvalue weighted by Gasteiger charge is 2.21. The van der Waals surface area contributed by atoms with Crippen molar-refractivity contribution in [3.63, 3.8) is 0 Å². The van der Waals surface area contributed by atoms with E-state index in [0.29, 0.717) is 45.4 Å². The minimum Gasteiger partial charge on any atom is -0.466 e. The molecule has 0 aliphatic heterocycles. The van der Waals surface area contributed by atoms with Gasteiger partial charge in [0.15, 0.2) is 0 Å². The minimum atomic E-state index is -0.196. The van der Waals surface area contributed by atoms with E-state index < -0.39 is 0 Å². The summed E-state index contributed by atoms with van der Waals surface area (Å²) < 4.78 is 10.5. The van der Waals surface area contributed by atoms with Crippen LogP contribution in [0.15, 0.2) is 0 Å². The van der Waals surface area contributed by atoms with Crippen LogP contribution in [0, 0.1) is 5.41 Å². The van der Waals surface area contributed by atoms with E-state index in [0.717, 1.165) is 25.8 Å². The van der Waals surface area contributed by atoms with E-state index in [4.69, 9.17) is 14.6 Å². The van der Waals surface area contributed by atoms with E-state index in [1.807, 2.05) is 0 Å². The SMILES string of the molecule is CC(C)(C)CCC(=O)OCCCCOC(=O)CCN(CCCCO)C(C)(C)C. The molecule has 0 rings (SSSR count). The van der Waals surface area contributed by atoms with Crippen LogP contribution >= 0.6 is 0 Å². The van der Waals surface area contributed by atoms with Crippen molar-refractivity contribution in [2.24, 2.45) is 5.41 Å². The van der Waals surface area contributed by atoms with E-state index in [9.17, 15) is 9.59 Å². The van der Waals surface area contributed by atoms with E-state index in [2.05, 4.69) is 46.4 Å². The molecule has 0 aromatic heterocycles. The number of aliphatic hydroxyl groups is 1. The third kappa shape index (κ3) is 15.9. The third-order valence-electron chi connectivity index (χ3n) is 4.51. The van der Waals surface area contributed by atoms with Gasteiger partial charge in [-0.2, -0.15) is 0 Å². The molecule has 0 unspecified atom stereocenters. The number of ether oxygens (including phenoxy) is 2. The summed E-state index contributed by atoms with van der Waals surface area (Å²) >= 11 is 0. The molecule has 28 heavy (non-hydrogen) atoms. The van der Waals surface area contributed by atoms with Gasteiger partial charge in [-0.25, -0.2) is 0 Å². The molecule has 0 aliphatic rings. The summed E-state index contributed by atoms with van der Waals surface area (Å²) in [5.41, 5.74) is 0.112. The first-order chi connectivity index (χ1) is 13.0. The van der Waals surface area contributed by atoms with Gasteiger partial charge in [0.05, 0.1) is 19.6 Å². The monoisotopic (exact) mass is 401 g/mol. The zero-order chi connectivity index (χ0) is 21.6. The fourth-order valence-electron chi connectivity index (χ4n) is 2.62. The van der Waals surface area contributed by atoms with E-state index >= 15 is 0 Å². The lowest BCUT2D eigenvalue weighted by Crippen LogP contribution is -2.43. The van der Waals surface area contributed by atoms with Gasteiger partial charge in [-0.3, -0.25) is 14.5 Å². The number of nitrogens with zero attached hydrogens (tertiary/aromatic N) is 1. The molecule has 0 saturated heterocycles. The normalized spacial score (nSPS) is 12.3. The number of carbonyl (C=O) groups excluding carboxylic acids is 2. The number of aliphatic hydroxyl groups excluding tert-OH is 1. The summed E-state index contributed by atoms with van der Waals surface area (Å²) in [6.07, 6.45) is 4.70. The Labute approximate surface area is 172 Å². The highest BCUT2D eigenvalue weighted by Crippen LogP contribution is 2.20. The largest absolute Gasteiger partial charge is 0.466 e. The summed E-state index contributed by atoms with van der Waals surface area (Å²) in [7, 11) is 0. The molecule has 6 heteroatoms. The van der Waals surface area contributed by atoms with Gasteiger partial charge in [0, 0.05) is 25.1 Å². The molecule has 0 fully saturated rings. The summed E-state index contributed by atoms with van der Waals surface area (Å²) in [5.74, 6) is -0.353. The number of esters is 2. The maximum absolute atomic E-state index is 12.0. The van der Waals surface area contributed by atoms with E-state index in [1.54, 1.807) is 0 Å². The lowest BCUT2D eigenvalue weighted by atomic mass is 9.91. The molecule has 1 N–H and O–H groups in total. The summed E-state index contributed by atoms with van der Waals surface area (Å²) in [6.45, 7) is 15.1. The number of carbonyl (C=O) groups is 2. The Balaban J connectivity index is 3.84. The molecule has 0 aliphatic carbocycles. The second kappa shape index (κ2) is 13.9. The van der Waals surface area contributed by atoms with Gasteiger partial charge in [-0.05, 0) is 64.8 Å². The Bertz CT molecular complexity index is 437. The summed E-state index contributed by atoms with van der Waals surface area (Å²) in [5, 5.41) is 8.93. The molecule has 0 aromatic carbocycles. The maximum Gasteiger partial charge on any atom is 0.307 e. The van der Waals surface area contributed by atoms with Crippen molar-refractivity contribution in [1.82, 2.24) is 4.90 Å². The van der Waals surface area contributed by atoms with Gasteiger partial charge in [0.1, 0.15) is 0 Å². The Morgan fingerprint density at radius 3 is 1.79 bits per heavy atom. The van der Waals surface area contributed by atoms with Crippen LogP contribution in [0.2, 0.25) is 0 Å². The van der Waals surface area contributed by atoms with E-state index in [1.165, 1.54) is 0 Å². The van der Waals surface area contributed by atoms with Crippen molar-refractivity contribution in [1.29, 1.82) is 0 Å². The van der Waals surface area contributed by atoms with E-state index in [-0.39, 0.29) is 29.5 Å². The zero-order valence-corrected chi connectivity index (χ0v) is 19.0. The average Bonchev–Trinajstić information content (AvgIpc) is 2.57. The standard InChI is InChI=1S/C22H43NO5/c1-21(2,3)13-11-19(25)27-17-9-10-18-28-20(26)12-15-23(22(4,5)6)14-7-8-16-24/h24H,7-18H2,1-6H3. The predicted octanol–water partition coefficient (Wildman–Crippen LogP) is 3.94. The van der Waals surface area contributed by atoms with Crippen molar-refractivity contribution in [2.75, 3.05) is 32.9 Å². The first-order valence-electron chi connectivity index (χ1n) is 10.6.